The van der Waals surface area contributed by atoms with E-state index >= 15 is 4.39 Å². The molecule has 50 heavy (non-hydrogen) atoms. The van der Waals surface area contributed by atoms with Crippen molar-refractivity contribution < 1.29 is 19.1 Å². The van der Waals surface area contributed by atoms with Gasteiger partial charge in [0.2, 0.25) is 11.4 Å². The number of aromatic nitrogens is 3. The van der Waals surface area contributed by atoms with Crippen LogP contribution in [-0.2, 0) is 13.0 Å². The van der Waals surface area contributed by atoms with Gasteiger partial charge in [0.25, 0.3) is 5.91 Å². The summed E-state index contributed by atoms with van der Waals surface area (Å²) >= 11 is 0. The third kappa shape index (κ3) is 5.63. The number of carbonyl (C=O) groups is 2. The van der Waals surface area contributed by atoms with Crippen molar-refractivity contribution >= 4 is 45.9 Å². The van der Waals surface area contributed by atoms with E-state index in [2.05, 4.69) is 33.1 Å². The maximum atomic E-state index is 15.4. The molecule has 3 aromatic carbocycles. The summed E-state index contributed by atoms with van der Waals surface area (Å²) < 4.78 is 17.2. The molecule has 2 fully saturated rings. The fourth-order valence-electron chi connectivity index (χ4n) is 7.12. The second-order valence-electron chi connectivity index (χ2n) is 13.1. The number of aromatic carboxylic acids is 1. The summed E-state index contributed by atoms with van der Waals surface area (Å²) in [6, 6.07) is 16.9. The Kier molecular flexibility index (Phi) is 7.61. The van der Waals surface area contributed by atoms with Gasteiger partial charge in [0.1, 0.15) is 17.2 Å². The largest absolute Gasteiger partial charge is 0.477 e. The molecule has 2 aromatic heterocycles. The topological polar surface area (TPSA) is 164 Å². The van der Waals surface area contributed by atoms with Crippen LogP contribution in [-0.4, -0.2) is 69.1 Å². The van der Waals surface area contributed by atoms with E-state index < -0.39 is 17.2 Å². The quantitative estimate of drug-likeness (QED) is 0.227. The Balaban J connectivity index is 0.938. The van der Waals surface area contributed by atoms with Crippen molar-refractivity contribution in [1.29, 1.82) is 0 Å². The number of piperazine rings is 1. The van der Waals surface area contributed by atoms with Crippen molar-refractivity contribution in [3.05, 3.63) is 105 Å². The molecule has 0 radical (unpaired) electrons. The van der Waals surface area contributed by atoms with E-state index in [-0.39, 0.29) is 28.8 Å². The van der Waals surface area contributed by atoms with E-state index in [1.54, 1.807) is 21.7 Å². The maximum Gasteiger partial charge on any atom is 0.341 e. The van der Waals surface area contributed by atoms with Gasteiger partial charge < -0.3 is 35.8 Å². The number of carboxylic acid groups (broad SMARTS) is 1. The summed E-state index contributed by atoms with van der Waals surface area (Å²) in [7, 11) is 0. The Morgan fingerprint density at radius 2 is 1.66 bits per heavy atom. The number of anilines is 4. The average molecular weight is 675 g/mol. The molecule has 13 heteroatoms. The van der Waals surface area contributed by atoms with Crippen LogP contribution >= 0.6 is 0 Å². The molecule has 0 spiro atoms. The summed E-state index contributed by atoms with van der Waals surface area (Å²) in [6.45, 7) is 3.08. The molecule has 3 aliphatic rings. The van der Waals surface area contributed by atoms with Gasteiger partial charge in [0.15, 0.2) is 0 Å². The van der Waals surface area contributed by atoms with E-state index in [1.165, 1.54) is 11.8 Å². The van der Waals surface area contributed by atoms with E-state index in [4.69, 9.17) is 11.5 Å². The minimum absolute atomic E-state index is 0.0627. The number of carboxylic acids is 1. The van der Waals surface area contributed by atoms with Gasteiger partial charge in [-0.05, 0) is 72.4 Å². The van der Waals surface area contributed by atoms with Crippen LogP contribution in [0.5, 0.6) is 0 Å². The Hall–Kier alpha value is -5.98. The van der Waals surface area contributed by atoms with Gasteiger partial charge in [0, 0.05) is 79.9 Å². The zero-order valence-corrected chi connectivity index (χ0v) is 27.2. The first-order valence-electron chi connectivity index (χ1n) is 16.7. The number of nitrogen functional groups attached to an aromatic ring is 2. The van der Waals surface area contributed by atoms with Crippen molar-refractivity contribution in [2.24, 2.45) is 0 Å². The van der Waals surface area contributed by atoms with Gasteiger partial charge in [-0.1, -0.05) is 18.2 Å². The number of amides is 1. The van der Waals surface area contributed by atoms with Crippen molar-refractivity contribution in [1.82, 2.24) is 19.4 Å². The smallest absolute Gasteiger partial charge is 0.341 e. The molecule has 5 aromatic rings. The van der Waals surface area contributed by atoms with Crippen LogP contribution in [0.1, 0.15) is 50.7 Å². The van der Waals surface area contributed by atoms with Gasteiger partial charge in [0.05, 0.1) is 11.2 Å². The Morgan fingerprint density at radius 1 is 0.920 bits per heavy atom. The van der Waals surface area contributed by atoms with Crippen molar-refractivity contribution in [3.8, 4) is 11.1 Å². The van der Waals surface area contributed by atoms with Crippen LogP contribution < -0.4 is 26.7 Å². The van der Waals surface area contributed by atoms with E-state index in [0.29, 0.717) is 55.3 Å². The van der Waals surface area contributed by atoms with Crippen LogP contribution in [0.2, 0.25) is 0 Å². The zero-order chi connectivity index (χ0) is 34.7. The van der Waals surface area contributed by atoms with Gasteiger partial charge in [-0.3, -0.25) is 9.59 Å². The van der Waals surface area contributed by atoms with E-state index in [9.17, 15) is 19.5 Å². The highest BCUT2D eigenvalue weighted by Crippen LogP contribution is 2.38. The number of rotatable bonds is 7. The summed E-state index contributed by atoms with van der Waals surface area (Å²) in [5, 5.41) is 9.59. The molecule has 5 N–H and O–H groups in total. The zero-order valence-electron chi connectivity index (χ0n) is 27.2. The molecule has 12 nitrogen and oxygen atoms in total. The Morgan fingerprint density at radius 3 is 2.36 bits per heavy atom. The lowest BCUT2D eigenvalue weighted by Gasteiger charge is -2.36. The number of carbonyl (C=O) groups excluding carboxylic acids is 1. The lowest BCUT2D eigenvalue weighted by Crippen LogP contribution is -2.49. The lowest BCUT2D eigenvalue weighted by molar-refractivity contribution is 0.0693. The van der Waals surface area contributed by atoms with Gasteiger partial charge in [-0.2, -0.15) is 4.98 Å². The summed E-state index contributed by atoms with van der Waals surface area (Å²) in [6.07, 6.45) is 5.69. The molecular weight excluding hydrogens is 639 g/mol. The van der Waals surface area contributed by atoms with Crippen LogP contribution in [0.3, 0.4) is 0 Å². The average Bonchev–Trinajstić information content (AvgIpc) is 3.89. The van der Waals surface area contributed by atoms with Crippen LogP contribution in [0.15, 0.2) is 71.8 Å². The third-order valence-electron chi connectivity index (χ3n) is 9.99. The molecule has 2 aliphatic heterocycles. The summed E-state index contributed by atoms with van der Waals surface area (Å²) in [5.41, 5.74) is 17.4. The highest BCUT2D eigenvalue weighted by Gasteiger charge is 2.29. The number of halogens is 1. The third-order valence-corrected chi connectivity index (χ3v) is 9.99. The standard InChI is InChI=1S/C37H35FN8O4/c38-29-16-27-31(46(26-6-7-26)20-28(33(27)47)36(49)50)17-32(29)43-11-13-44(14-12-43)35(48)22-3-1-21(2-4-22)23-5-8-30-24(15-23)9-10-45(30)19-25-18-41-37(40)42-34(25)39/h1-5,8,15-18,20,26H,6-7,9-14,19H2,(H,49,50)(H4,39,40,41,42). The lowest BCUT2D eigenvalue weighted by atomic mass is 10.00. The number of fused-ring (bicyclic) bond motifs is 2. The van der Waals surface area contributed by atoms with Gasteiger partial charge in [-0.15, -0.1) is 0 Å². The molecular formula is C37H35FN8O4. The summed E-state index contributed by atoms with van der Waals surface area (Å²) in [4.78, 5) is 52.1. The SMILES string of the molecule is Nc1ncc(CN2CCc3cc(-c4ccc(C(=O)N5CCN(c6cc7c(cc6F)c(=O)c(C(=O)O)cn7C6CC6)CC5)cc4)ccc32)c(N)n1. The number of hydrogen-bond acceptors (Lipinski definition) is 9. The highest BCUT2D eigenvalue weighted by atomic mass is 19.1. The minimum Gasteiger partial charge on any atom is -0.477 e. The first-order chi connectivity index (χ1) is 24.1. The molecule has 4 heterocycles. The number of pyridine rings is 1. The second-order valence-corrected chi connectivity index (χ2v) is 13.1. The molecule has 1 saturated heterocycles. The first kappa shape index (κ1) is 31.3. The molecule has 1 amide bonds. The van der Waals surface area contributed by atoms with E-state index in [0.717, 1.165) is 54.3 Å². The first-order valence-corrected chi connectivity index (χ1v) is 16.7. The molecule has 0 atom stereocenters. The van der Waals surface area contributed by atoms with Crippen molar-refractivity contribution in [3.63, 3.8) is 0 Å². The predicted octanol–water partition coefficient (Wildman–Crippen LogP) is 4.32. The van der Waals surface area contributed by atoms with Crippen LogP contribution in [0.25, 0.3) is 22.0 Å². The number of benzene rings is 3. The molecule has 1 aliphatic carbocycles. The van der Waals surface area contributed by atoms with Crippen molar-refractivity contribution in [2.75, 3.05) is 54.0 Å². The molecule has 0 unspecified atom stereocenters. The number of nitrogens with zero attached hydrogens (tertiary/aromatic N) is 6. The predicted molar refractivity (Wildman–Crippen MR) is 189 cm³/mol. The Labute approximate surface area is 286 Å². The number of nitrogens with two attached hydrogens (primary N) is 2. The molecule has 1 saturated carbocycles. The highest BCUT2D eigenvalue weighted by molar-refractivity contribution is 5.95. The number of hydrogen-bond donors (Lipinski definition) is 3. The summed E-state index contributed by atoms with van der Waals surface area (Å²) in [5.74, 6) is -1.45. The maximum absolute atomic E-state index is 15.4. The van der Waals surface area contributed by atoms with Crippen LogP contribution in [0, 0.1) is 5.82 Å². The van der Waals surface area contributed by atoms with Crippen molar-refractivity contribution in [2.45, 2.75) is 31.8 Å². The second kappa shape index (κ2) is 12.2. The molecule has 0 bridgehead atoms. The fourth-order valence-corrected chi connectivity index (χ4v) is 7.12. The fraction of sp³-hybridized carbons (Fsp3) is 0.270. The van der Waals surface area contributed by atoms with E-state index in [1.807, 2.05) is 29.2 Å². The normalized spacial score (nSPS) is 15.8. The molecule has 8 rings (SSSR count). The molecule has 254 valence electrons. The van der Waals surface area contributed by atoms with Crippen LogP contribution in [0.4, 0.5) is 27.5 Å². The van der Waals surface area contributed by atoms with Gasteiger partial charge >= 0.3 is 5.97 Å². The Bertz CT molecular complexity index is 2240. The minimum atomic E-state index is -1.32. The van der Waals surface area contributed by atoms with Gasteiger partial charge in [-0.25, -0.2) is 14.2 Å². The monoisotopic (exact) mass is 674 g/mol.